The molecule has 1 amide bonds. The second-order valence-electron chi connectivity index (χ2n) is 3.79. The highest BCUT2D eigenvalue weighted by Crippen LogP contribution is 2.12. The second-order valence-corrected chi connectivity index (χ2v) is 3.79. The van der Waals surface area contributed by atoms with Crippen molar-refractivity contribution >= 4 is 11.6 Å². The molecular weight excluding hydrogens is 228 g/mol. The highest BCUT2D eigenvalue weighted by molar-refractivity contribution is 6.05. The van der Waals surface area contributed by atoms with Crippen molar-refractivity contribution in [2.45, 2.75) is 6.61 Å². The Morgan fingerprint density at radius 2 is 2.11 bits per heavy atom. The van der Waals surface area contributed by atoms with Crippen molar-refractivity contribution < 1.29 is 9.53 Å². The third-order valence-electron chi connectivity index (χ3n) is 2.48. The molecule has 18 heavy (non-hydrogen) atoms. The van der Waals surface area contributed by atoms with Crippen LogP contribution in [-0.4, -0.2) is 18.0 Å². The van der Waals surface area contributed by atoms with E-state index in [1.54, 1.807) is 37.7 Å². The van der Waals surface area contributed by atoms with Gasteiger partial charge in [-0.3, -0.25) is 9.78 Å². The van der Waals surface area contributed by atoms with Crippen molar-refractivity contribution in [3.8, 4) is 0 Å². The van der Waals surface area contributed by atoms with Gasteiger partial charge in [0, 0.05) is 18.9 Å². The first-order valence-corrected chi connectivity index (χ1v) is 5.59. The van der Waals surface area contributed by atoms with E-state index in [4.69, 9.17) is 4.74 Å². The van der Waals surface area contributed by atoms with Gasteiger partial charge in [0.15, 0.2) is 0 Å². The Morgan fingerprint density at radius 3 is 2.83 bits per heavy atom. The molecule has 2 rings (SSSR count). The number of ether oxygens (including phenoxy) is 1. The molecule has 1 N–H and O–H groups in total. The van der Waals surface area contributed by atoms with Crippen LogP contribution in [0.15, 0.2) is 48.8 Å². The van der Waals surface area contributed by atoms with Crippen LogP contribution in [-0.2, 0) is 11.3 Å². The van der Waals surface area contributed by atoms with Crippen LogP contribution in [0.25, 0.3) is 0 Å². The van der Waals surface area contributed by atoms with Gasteiger partial charge in [-0.15, -0.1) is 0 Å². The monoisotopic (exact) mass is 242 g/mol. The Labute approximate surface area is 106 Å². The lowest BCUT2D eigenvalue weighted by Gasteiger charge is -2.09. The van der Waals surface area contributed by atoms with Gasteiger partial charge in [-0.25, -0.2) is 0 Å². The minimum Gasteiger partial charge on any atom is -0.380 e. The van der Waals surface area contributed by atoms with Crippen molar-refractivity contribution in [1.29, 1.82) is 0 Å². The van der Waals surface area contributed by atoms with Gasteiger partial charge in [-0.05, 0) is 23.8 Å². The SMILES string of the molecule is COCc1ccccc1C(=O)Nc1cccnc1. The van der Waals surface area contributed by atoms with Gasteiger partial charge >= 0.3 is 0 Å². The molecule has 0 atom stereocenters. The molecule has 0 bridgehead atoms. The van der Waals surface area contributed by atoms with Gasteiger partial charge in [-0.1, -0.05) is 18.2 Å². The van der Waals surface area contributed by atoms with E-state index in [1.165, 1.54) is 0 Å². The number of nitrogens with one attached hydrogen (secondary N) is 1. The van der Waals surface area contributed by atoms with Crippen molar-refractivity contribution in [3.63, 3.8) is 0 Å². The zero-order chi connectivity index (χ0) is 12.8. The lowest BCUT2D eigenvalue weighted by atomic mass is 10.1. The first kappa shape index (κ1) is 12.3. The largest absolute Gasteiger partial charge is 0.380 e. The average Bonchev–Trinajstić information content (AvgIpc) is 2.41. The molecule has 4 nitrogen and oxygen atoms in total. The van der Waals surface area contributed by atoms with Crippen LogP contribution in [0.1, 0.15) is 15.9 Å². The fourth-order valence-corrected chi connectivity index (χ4v) is 1.66. The highest BCUT2D eigenvalue weighted by atomic mass is 16.5. The Balaban J connectivity index is 2.19. The number of aromatic nitrogens is 1. The van der Waals surface area contributed by atoms with Crippen LogP contribution in [0.5, 0.6) is 0 Å². The molecule has 2 aromatic rings. The molecule has 1 heterocycles. The van der Waals surface area contributed by atoms with Gasteiger partial charge in [0.05, 0.1) is 18.5 Å². The molecule has 0 saturated carbocycles. The summed E-state index contributed by atoms with van der Waals surface area (Å²) in [4.78, 5) is 16.1. The van der Waals surface area contributed by atoms with Crippen LogP contribution in [0.3, 0.4) is 0 Å². The van der Waals surface area contributed by atoms with Crippen molar-refractivity contribution in [1.82, 2.24) is 4.98 Å². The summed E-state index contributed by atoms with van der Waals surface area (Å²) in [5.74, 6) is -0.157. The Kier molecular flexibility index (Phi) is 4.04. The van der Waals surface area contributed by atoms with E-state index in [2.05, 4.69) is 10.3 Å². The minimum absolute atomic E-state index is 0.157. The number of hydrogen-bond acceptors (Lipinski definition) is 3. The van der Waals surface area contributed by atoms with E-state index in [-0.39, 0.29) is 5.91 Å². The molecule has 0 aliphatic heterocycles. The number of carbonyl (C=O) groups excluding carboxylic acids is 1. The number of methoxy groups -OCH3 is 1. The van der Waals surface area contributed by atoms with E-state index >= 15 is 0 Å². The fraction of sp³-hybridized carbons (Fsp3) is 0.143. The van der Waals surface area contributed by atoms with Gasteiger partial charge in [-0.2, -0.15) is 0 Å². The molecule has 0 radical (unpaired) electrons. The predicted molar refractivity (Wildman–Crippen MR) is 69.3 cm³/mol. The minimum atomic E-state index is -0.157. The topological polar surface area (TPSA) is 51.2 Å². The Morgan fingerprint density at radius 1 is 1.28 bits per heavy atom. The molecule has 0 aliphatic rings. The predicted octanol–water partition coefficient (Wildman–Crippen LogP) is 2.48. The van der Waals surface area contributed by atoms with Gasteiger partial charge in [0.1, 0.15) is 0 Å². The first-order valence-electron chi connectivity index (χ1n) is 5.59. The van der Waals surface area contributed by atoms with E-state index in [1.807, 2.05) is 18.2 Å². The van der Waals surface area contributed by atoms with Crippen LogP contribution in [0, 0.1) is 0 Å². The van der Waals surface area contributed by atoms with Crippen LogP contribution in [0.4, 0.5) is 5.69 Å². The molecular formula is C14H14N2O2. The van der Waals surface area contributed by atoms with Crippen LogP contribution < -0.4 is 5.32 Å². The fourth-order valence-electron chi connectivity index (χ4n) is 1.66. The number of rotatable bonds is 4. The van der Waals surface area contributed by atoms with Crippen LogP contribution in [0.2, 0.25) is 0 Å². The summed E-state index contributed by atoms with van der Waals surface area (Å²) < 4.78 is 5.08. The number of hydrogen-bond donors (Lipinski definition) is 1. The third kappa shape index (κ3) is 2.93. The molecule has 4 heteroatoms. The maximum absolute atomic E-state index is 12.1. The van der Waals surface area contributed by atoms with Gasteiger partial charge in [0.2, 0.25) is 0 Å². The smallest absolute Gasteiger partial charge is 0.256 e. The summed E-state index contributed by atoms with van der Waals surface area (Å²) in [6.45, 7) is 0.413. The van der Waals surface area contributed by atoms with E-state index in [0.717, 1.165) is 5.56 Å². The maximum Gasteiger partial charge on any atom is 0.256 e. The molecule has 0 aliphatic carbocycles. The normalized spacial score (nSPS) is 10.1. The Bertz CT molecular complexity index is 526. The molecule has 92 valence electrons. The number of amides is 1. The summed E-state index contributed by atoms with van der Waals surface area (Å²) in [7, 11) is 1.61. The van der Waals surface area contributed by atoms with Gasteiger partial charge < -0.3 is 10.1 Å². The molecule has 0 saturated heterocycles. The lowest BCUT2D eigenvalue weighted by molar-refractivity contribution is 0.102. The zero-order valence-corrected chi connectivity index (χ0v) is 10.1. The lowest BCUT2D eigenvalue weighted by Crippen LogP contribution is -2.14. The standard InChI is InChI=1S/C14H14N2O2/c1-18-10-11-5-2-3-7-13(11)14(17)16-12-6-4-8-15-9-12/h2-9H,10H2,1H3,(H,16,17). The zero-order valence-electron chi connectivity index (χ0n) is 10.1. The molecule has 1 aromatic heterocycles. The first-order chi connectivity index (χ1) is 8.81. The van der Waals surface area contributed by atoms with Gasteiger partial charge in [0.25, 0.3) is 5.91 Å². The summed E-state index contributed by atoms with van der Waals surface area (Å²) >= 11 is 0. The summed E-state index contributed by atoms with van der Waals surface area (Å²) in [5, 5.41) is 2.80. The quantitative estimate of drug-likeness (QED) is 0.896. The third-order valence-corrected chi connectivity index (χ3v) is 2.48. The van der Waals surface area contributed by atoms with Crippen molar-refractivity contribution in [2.75, 3.05) is 12.4 Å². The van der Waals surface area contributed by atoms with Crippen molar-refractivity contribution in [2.24, 2.45) is 0 Å². The average molecular weight is 242 g/mol. The number of carbonyl (C=O) groups is 1. The Hall–Kier alpha value is -2.20. The number of pyridine rings is 1. The van der Waals surface area contributed by atoms with Crippen molar-refractivity contribution in [3.05, 3.63) is 59.9 Å². The number of anilines is 1. The van der Waals surface area contributed by atoms with E-state index < -0.39 is 0 Å². The number of benzene rings is 1. The second kappa shape index (κ2) is 5.93. The number of nitrogens with zero attached hydrogens (tertiary/aromatic N) is 1. The summed E-state index contributed by atoms with van der Waals surface area (Å²) in [6.07, 6.45) is 3.27. The molecule has 0 fully saturated rings. The highest BCUT2D eigenvalue weighted by Gasteiger charge is 2.10. The molecule has 1 aromatic carbocycles. The van der Waals surface area contributed by atoms with Crippen LogP contribution >= 0.6 is 0 Å². The van der Waals surface area contributed by atoms with E-state index in [0.29, 0.717) is 17.9 Å². The molecule has 0 unspecified atom stereocenters. The summed E-state index contributed by atoms with van der Waals surface area (Å²) in [6, 6.07) is 10.9. The van der Waals surface area contributed by atoms with E-state index in [9.17, 15) is 4.79 Å². The molecule has 0 spiro atoms. The maximum atomic E-state index is 12.1. The summed E-state index contributed by atoms with van der Waals surface area (Å²) in [5.41, 5.74) is 2.15.